The van der Waals surface area contributed by atoms with Crippen molar-refractivity contribution in [2.45, 2.75) is 63.7 Å². The molecule has 4 atom stereocenters. The van der Waals surface area contributed by atoms with Gasteiger partial charge in [-0.25, -0.2) is 13.4 Å². The molecule has 1 saturated heterocycles. The van der Waals surface area contributed by atoms with Gasteiger partial charge in [0.15, 0.2) is 0 Å². The predicted molar refractivity (Wildman–Crippen MR) is 143 cm³/mol. The van der Waals surface area contributed by atoms with Crippen LogP contribution in [0.4, 0.5) is 0 Å². The van der Waals surface area contributed by atoms with E-state index in [-0.39, 0.29) is 35.4 Å². The van der Waals surface area contributed by atoms with Crippen molar-refractivity contribution in [2.24, 2.45) is 5.92 Å². The lowest BCUT2D eigenvalue weighted by Gasteiger charge is -2.44. The van der Waals surface area contributed by atoms with E-state index >= 15 is 0 Å². The van der Waals surface area contributed by atoms with Crippen molar-refractivity contribution in [3.8, 4) is 11.3 Å². The van der Waals surface area contributed by atoms with E-state index in [0.717, 1.165) is 24.8 Å². The van der Waals surface area contributed by atoms with Crippen LogP contribution in [0.1, 0.15) is 50.0 Å². The molecule has 2 aromatic rings. The van der Waals surface area contributed by atoms with Gasteiger partial charge in [0.1, 0.15) is 21.6 Å². The molecular weight excluding hydrogens is 490 g/mol. The molecule has 9 nitrogen and oxygen atoms in total. The number of benzene rings is 1. The third-order valence-electron chi connectivity index (χ3n) is 7.70. The summed E-state index contributed by atoms with van der Waals surface area (Å²) >= 11 is 0. The number of aromatic nitrogens is 2. The van der Waals surface area contributed by atoms with Crippen LogP contribution in [-0.2, 0) is 14.6 Å². The lowest BCUT2D eigenvalue weighted by molar-refractivity contribution is -0.133. The van der Waals surface area contributed by atoms with Crippen LogP contribution in [-0.4, -0.2) is 89.8 Å². The minimum atomic E-state index is -3.21. The van der Waals surface area contributed by atoms with Gasteiger partial charge in [0.05, 0.1) is 23.8 Å². The molecule has 2 aliphatic rings. The van der Waals surface area contributed by atoms with Crippen molar-refractivity contribution < 1.29 is 18.0 Å². The number of hydrogen-bond acceptors (Lipinski definition) is 7. The molecule has 2 amide bonds. The number of nitrogens with zero attached hydrogens (tertiary/aromatic N) is 4. The zero-order valence-corrected chi connectivity index (χ0v) is 22.8. The third-order valence-corrected chi connectivity index (χ3v) is 8.74. The van der Waals surface area contributed by atoms with Crippen LogP contribution in [0.2, 0.25) is 0 Å². The van der Waals surface area contributed by atoms with Gasteiger partial charge in [-0.2, -0.15) is 0 Å². The maximum Gasteiger partial charge on any atom is 0.272 e. The second-order valence-corrected chi connectivity index (χ2v) is 12.8. The van der Waals surface area contributed by atoms with Crippen LogP contribution in [0.5, 0.6) is 0 Å². The molecule has 0 bridgehead atoms. The number of amides is 2. The summed E-state index contributed by atoms with van der Waals surface area (Å²) in [6.07, 6.45) is 7.13. The van der Waals surface area contributed by atoms with Gasteiger partial charge in [0.2, 0.25) is 5.91 Å². The molecule has 4 rings (SSSR count). The Hall–Kier alpha value is -2.85. The highest BCUT2D eigenvalue weighted by molar-refractivity contribution is 7.90. The van der Waals surface area contributed by atoms with Crippen LogP contribution >= 0.6 is 0 Å². The molecule has 0 spiro atoms. The van der Waals surface area contributed by atoms with Crippen molar-refractivity contribution in [1.29, 1.82) is 0 Å². The Morgan fingerprint density at radius 3 is 2.57 bits per heavy atom. The molecule has 1 aromatic carbocycles. The van der Waals surface area contributed by atoms with Gasteiger partial charge in [-0.15, -0.1) is 0 Å². The average Bonchev–Trinajstić information content (AvgIpc) is 3.22. The van der Waals surface area contributed by atoms with E-state index in [2.05, 4.69) is 41.1 Å². The first kappa shape index (κ1) is 27.2. The molecule has 2 fully saturated rings. The van der Waals surface area contributed by atoms with Gasteiger partial charge in [-0.3, -0.25) is 14.6 Å². The maximum absolute atomic E-state index is 13.4. The Bertz CT molecular complexity index is 1220. The first-order valence-electron chi connectivity index (χ1n) is 12.9. The number of hydrogen-bond donors (Lipinski definition) is 1. The van der Waals surface area contributed by atoms with Gasteiger partial charge in [0.25, 0.3) is 5.91 Å². The summed E-state index contributed by atoms with van der Waals surface area (Å²) in [7, 11) is -1.13. The Balaban J connectivity index is 1.45. The molecule has 0 radical (unpaired) electrons. The summed E-state index contributed by atoms with van der Waals surface area (Å²) in [5.41, 5.74) is 1.59. The summed E-state index contributed by atoms with van der Waals surface area (Å²) < 4.78 is 24.5. The highest BCUT2D eigenvalue weighted by Gasteiger charge is 2.43. The first-order valence-corrected chi connectivity index (χ1v) is 15.0. The quantitative estimate of drug-likeness (QED) is 0.561. The highest BCUT2D eigenvalue weighted by Crippen LogP contribution is 2.34. The van der Waals surface area contributed by atoms with Gasteiger partial charge in [0, 0.05) is 36.5 Å². The summed E-state index contributed by atoms with van der Waals surface area (Å²) in [5.74, 6) is -0.676. The van der Waals surface area contributed by atoms with Crippen molar-refractivity contribution in [1.82, 2.24) is 25.1 Å². The first-order chi connectivity index (χ1) is 17.5. The third kappa shape index (κ3) is 6.54. The fourth-order valence-electron chi connectivity index (χ4n) is 5.61. The molecule has 10 heteroatoms. The molecule has 1 aliphatic carbocycles. The summed E-state index contributed by atoms with van der Waals surface area (Å²) in [5, 5.41) is 2.84. The topological polar surface area (TPSA) is 113 Å². The lowest BCUT2D eigenvalue weighted by Crippen LogP contribution is -2.53. The number of sulfone groups is 1. The number of carbonyl (C=O) groups excluding carboxylic acids is 2. The molecular formula is C27H37N5O4S. The van der Waals surface area contributed by atoms with E-state index < -0.39 is 21.8 Å². The molecule has 1 aromatic heterocycles. The van der Waals surface area contributed by atoms with Gasteiger partial charge < -0.3 is 15.1 Å². The van der Waals surface area contributed by atoms with Crippen LogP contribution in [0.15, 0.2) is 42.7 Å². The molecule has 1 aliphatic heterocycles. The van der Waals surface area contributed by atoms with Crippen molar-refractivity contribution in [3.05, 3.63) is 48.4 Å². The van der Waals surface area contributed by atoms with Crippen LogP contribution in [0, 0.1) is 5.92 Å². The van der Waals surface area contributed by atoms with E-state index in [1.807, 2.05) is 30.3 Å². The predicted octanol–water partition coefficient (Wildman–Crippen LogP) is 2.40. The van der Waals surface area contributed by atoms with Crippen LogP contribution < -0.4 is 5.32 Å². The fraction of sp³-hybridized carbons (Fsp3) is 0.556. The van der Waals surface area contributed by atoms with Gasteiger partial charge in [-0.05, 0) is 52.5 Å². The molecule has 37 heavy (non-hydrogen) atoms. The molecule has 1 N–H and O–H groups in total. The van der Waals surface area contributed by atoms with E-state index in [9.17, 15) is 18.0 Å². The average molecular weight is 528 g/mol. The minimum Gasteiger partial charge on any atom is -0.339 e. The fourth-order valence-corrected chi connectivity index (χ4v) is 6.75. The maximum atomic E-state index is 13.4. The number of nitrogens with one attached hydrogen (secondary N) is 1. The zero-order chi connectivity index (χ0) is 26.7. The summed E-state index contributed by atoms with van der Waals surface area (Å²) in [6.45, 7) is 4.76. The van der Waals surface area contributed by atoms with E-state index in [0.29, 0.717) is 24.7 Å². The molecule has 2 heterocycles. The van der Waals surface area contributed by atoms with E-state index in [1.165, 1.54) is 12.5 Å². The standard InChI is InChI=1S/C27H37N5O4S/c1-18(2)31(3)21-10-11-25(20(14-21)17-37(4,35)36)32-13-12-22(27(32)34)30-26(33)24-16-28-15-23(29-24)19-8-6-5-7-9-19/h5-9,15-16,18,20-22,25H,10-14,17H2,1-4H3,(H,30,33)/t20-,21+,22?,25-/m0/s1. The second kappa shape index (κ2) is 11.3. The van der Waals surface area contributed by atoms with E-state index in [1.54, 1.807) is 11.1 Å². The smallest absolute Gasteiger partial charge is 0.272 e. The largest absolute Gasteiger partial charge is 0.339 e. The Kier molecular flexibility index (Phi) is 8.28. The number of likely N-dealkylation sites (tertiary alicyclic amines) is 1. The number of carbonyl (C=O) groups is 2. The summed E-state index contributed by atoms with van der Waals surface area (Å²) in [4.78, 5) is 39.1. The summed E-state index contributed by atoms with van der Waals surface area (Å²) in [6, 6.07) is 9.30. The van der Waals surface area contributed by atoms with Crippen molar-refractivity contribution in [2.75, 3.05) is 25.6 Å². The monoisotopic (exact) mass is 527 g/mol. The molecule has 1 saturated carbocycles. The Morgan fingerprint density at radius 2 is 1.89 bits per heavy atom. The molecule has 200 valence electrons. The van der Waals surface area contributed by atoms with Crippen LogP contribution in [0.3, 0.4) is 0 Å². The lowest BCUT2D eigenvalue weighted by atomic mass is 9.81. The van der Waals surface area contributed by atoms with Crippen molar-refractivity contribution >= 4 is 21.7 Å². The van der Waals surface area contributed by atoms with Gasteiger partial charge >= 0.3 is 0 Å². The number of rotatable bonds is 8. The zero-order valence-electron chi connectivity index (χ0n) is 22.0. The van der Waals surface area contributed by atoms with Gasteiger partial charge in [-0.1, -0.05) is 30.3 Å². The molecule has 1 unspecified atom stereocenters. The van der Waals surface area contributed by atoms with Crippen LogP contribution in [0.25, 0.3) is 11.3 Å². The Labute approximate surface area is 219 Å². The highest BCUT2D eigenvalue weighted by atomic mass is 32.2. The SMILES string of the molecule is CC(C)N(C)[C@@H]1CC[C@H](N2CCC(NC(=O)c3cncc(-c4ccccc4)n3)C2=O)[C@H](CS(C)(=O)=O)C1. The normalized spacial score (nSPS) is 24.6. The van der Waals surface area contributed by atoms with Crippen molar-refractivity contribution in [3.63, 3.8) is 0 Å². The second-order valence-electron chi connectivity index (χ2n) is 10.6. The minimum absolute atomic E-state index is 0.0583. The Morgan fingerprint density at radius 1 is 1.16 bits per heavy atom. The van der Waals surface area contributed by atoms with E-state index in [4.69, 9.17) is 0 Å².